The van der Waals surface area contributed by atoms with Gasteiger partial charge in [-0.2, -0.15) is 0 Å². The van der Waals surface area contributed by atoms with Gasteiger partial charge in [-0.1, -0.05) is 32.0 Å². The molecule has 0 aliphatic carbocycles. The maximum atomic E-state index is 13.0. The van der Waals surface area contributed by atoms with Gasteiger partial charge in [0, 0.05) is 12.6 Å². The van der Waals surface area contributed by atoms with Crippen LogP contribution in [0.2, 0.25) is 0 Å². The molecule has 0 heterocycles. The van der Waals surface area contributed by atoms with Gasteiger partial charge >= 0.3 is 0 Å². The monoisotopic (exact) mass is 447 g/mol. The lowest BCUT2D eigenvalue weighted by molar-refractivity contribution is -0.116. The standard InChI is InChI=1S/C22H29N3O5S/c1-15(2)14-23-22(27)19-11-6-7-12-20(19)24-21(26)16(3)25(31(5,28)29)17-9-8-10-18(13-17)30-4/h6-13,15-16H,14H2,1-5H3,(H,23,27)(H,24,26)/t16-/m1/s1. The van der Waals surface area contributed by atoms with Crippen LogP contribution in [-0.2, 0) is 14.8 Å². The molecule has 0 aromatic heterocycles. The molecule has 0 saturated heterocycles. The molecule has 0 fully saturated rings. The zero-order chi connectivity index (χ0) is 23.2. The normalized spacial score (nSPS) is 12.2. The van der Waals surface area contributed by atoms with Gasteiger partial charge in [0.05, 0.1) is 30.3 Å². The second-order valence-corrected chi connectivity index (χ2v) is 9.43. The molecule has 0 saturated carbocycles. The summed E-state index contributed by atoms with van der Waals surface area (Å²) in [4.78, 5) is 25.5. The first-order valence-corrected chi connectivity index (χ1v) is 11.7. The fourth-order valence-electron chi connectivity index (χ4n) is 2.98. The molecular weight excluding hydrogens is 418 g/mol. The molecule has 168 valence electrons. The highest BCUT2D eigenvalue weighted by atomic mass is 32.2. The number of sulfonamides is 1. The highest BCUT2D eigenvalue weighted by molar-refractivity contribution is 7.92. The SMILES string of the molecule is COc1cccc(N([C@H](C)C(=O)Nc2ccccc2C(=O)NCC(C)C)S(C)(=O)=O)c1. The van der Waals surface area contributed by atoms with E-state index < -0.39 is 22.0 Å². The third-order valence-corrected chi connectivity index (χ3v) is 5.74. The summed E-state index contributed by atoms with van der Waals surface area (Å²) in [6.45, 7) is 5.94. The molecule has 2 aromatic rings. The van der Waals surface area contributed by atoms with Gasteiger partial charge in [-0.15, -0.1) is 0 Å². The Morgan fingerprint density at radius 3 is 2.35 bits per heavy atom. The second kappa shape index (κ2) is 10.3. The summed E-state index contributed by atoms with van der Waals surface area (Å²) >= 11 is 0. The molecular formula is C22H29N3O5S. The minimum Gasteiger partial charge on any atom is -0.497 e. The summed E-state index contributed by atoms with van der Waals surface area (Å²) < 4.78 is 31.2. The third-order valence-electron chi connectivity index (χ3n) is 4.50. The zero-order valence-electron chi connectivity index (χ0n) is 18.4. The van der Waals surface area contributed by atoms with E-state index in [2.05, 4.69) is 10.6 Å². The molecule has 2 aromatic carbocycles. The second-order valence-electron chi connectivity index (χ2n) is 7.57. The smallest absolute Gasteiger partial charge is 0.253 e. The number of methoxy groups -OCH3 is 1. The molecule has 9 heteroatoms. The Morgan fingerprint density at radius 2 is 1.74 bits per heavy atom. The van der Waals surface area contributed by atoms with E-state index in [4.69, 9.17) is 4.74 Å². The van der Waals surface area contributed by atoms with Gasteiger partial charge in [0.25, 0.3) is 5.91 Å². The first kappa shape index (κ1) is 24.2. The summed E-state index contributed by atoms with van der Waals surface area (Å²) in [6.07, 6.45) is 1.03. The predicted octanol–water partition coefficient (Wildman–Crippen LogP) is 2.87. The number of carbonyl (C=O) groups is 2. The summed E-state index contributed by atoms with van der Waals surface area (Å²) in [6, 6.07) is 12.0. The first-order chi connectivity index (χ1) is 14.5. The van der Waals surface area contributed by atoms with Crippen molar-refractivity contribution >= 4 is 33.2 Å². The van der Waals surface area contributed by atoms with Crippen LogP contribution in [0.4, 0.5) is 11.4 Å². The van der Waals surface area contributed by atoms with Gasteiger partial charge in [0.15, 0.2) is 0 Å². The number of benzene rings is 2. The number of nitrogens with zero attached hydrogens (tertiary/aromatic N) is 1. The number of hydrogen-bond donors (Lipinski definition) is 2. The predicted molar refractivity (Wildman–Crippen MR) is 122 cm³/mol. The van der Waals surface area contributed by atoms with E-state index in [1.165, 1.54) is 20.1 Å². The van der Waals surface area contributed by atoms with Crippen molar-refractivity contribution in [2.45, 2.75) is 26.8 Å². The maximum absolute atomic E-state index is 13.0. The van der Waals surface area contributed by atoms with Crippen LogP contribution in [0.1, 0.15) is 31.1 Å². The molecule has 0 bridgehead atoms. The highest BCUT2D eigenvalue weighted by Gasteiger charge is 2.30. The number of amides is 2. The average Bonchev–Trinajstić information content (AvgIpc) is 2.71. The molecule has 1 atom stereocenters. The van der Waals surface area contributed by atoms with E-state index in [-0.39, 0.29) is 11.8 Å². The van der Waals surface area contributed by atoms with E-state index in [9.17, 15) is 18.0 Å². The molecule has 0 spiro atoms. The van der Waals surface area contributed by atoms with E-state index in [1.807, 2.05) is 13.8 Å². The van der Waals surface area contributed by atoms with Crippen LogP contribution >= 0.6 is 0 Å². The topological polar surface area (TPSA) is 105 Å². The van der Waals surface area contributed by atoms with E-state index in [1.54, 1.807) is 42.5 Å². The van der Waals surface area contributed by atoms with Crippen molar-refractivity contribution in [1.29, 1.82) is 0 Å². The summed E-state index contributed by atoms with van der Waals surface area (Å²) in [5, 5.41) is 5.51. The van der Waals surface area contributed by atoms with Crippen molar-refractivity contribution < 1.29 is 22.7 Å². The van der Waals surface area contributed by atoms with Crippen molar-refractivity contribution in [2.75, 3.05) is 29.5 Å². The van der Waals surface area contributed by atoms with Crippen molar-refractivity contribution in [3.05, 3.63) is 54.1 Å². The Hall–Kier alpha value is -3.07. The van der Waals surface area contributed by atoms with Gasteiger partial charge in [-0.05, 0) is 37.1 Å². The molecule has 0 aliphatic rings. The number of hydrogen-bond acceptors (Lipinski definition) is 5. The Kier molecular flexibility index (Phi) is 8.04. The van der Waals surface area contributed by atoms with Crippen molar-refractivity contribution in [1.82, 2.24) is 5.32 Å². The first-order valence-electron chi connectivity index (χ1n) is 9.86. The molecule has 0 radical (unpaired) electrons. The largest absolute Gasteiger partial charge is 0.497 e. The highest BCUT2D eigenvalue weighted by Crippen LogP contribution is 2.26. The van der Waals surface area contributed by atoms with Gasteiger partial charge in [-0.3, -0.25) is 13.9 Å². The van der Waals surface area contributed by atoms with Gasteiger partial charge < -0.3 is 15.4 Å². The van der Waals surface area contributed by atoms with Crippen LogP contribution in [0.5, 0.6) is 5.75 Å². The Balaban J connectivity index is 2.30. The van der Waals surface area contributed by atoms with E-state index in [0.29, 0.717) is 29.2 Å². The fraction of sp³-hybridized carbons (Fsp3) is 0.364. The van der Waals surface area contributed by atoms with Crippen molar-refractivity contribution in [3.63, 3.8) is 0 Å². The average molecular weight is 448 g/mol. The summed E-state index contributed by atoms with van der Waals surface area (Å²) in [7, 11) is -2.31. The quantitative estimate of drug-likeness (QED) is 0.615. The minimum atomic E-state index is -3.79. The lowest BCUT2D eigenvalue weighted by Crippen LogP contribution is -2.45. The van der Waals surface area contributed by atoms with Crippen LogP contribution in [0, 0.1) is 5.92 Å². The third kappa shape index (κ3) is 6.45. The Morgan fingerprint density at radius 1 is 1.06 bits per heavy atom. The fourth-order valence-corrected chi connectivity index (χ4v) is 4.14. The van der Waals surface area contributed by atoms with Gasteiger partial charge in [0.2, 0.25) is 15.9 Å². The van der Waals surface area contributed by atoms with E-state index >= 15 is 0 Å². The minimum absolute atomic E-state index is 0.275. The number of carbonyl (C=O) groups excluding carboxylic acids is 2. The molecule has 2 N–H and O–H groups in total. The maximum Gasteiger partial charge on any atom is 0.253 e. The van der Waals surface area contributed by atoms with Crippen LogP contribution in [-0.4, -0.2) is 46.2 Å². The summed E-state index contributed by atoms with van der Waals surface area (Å²) in [5.74, 6) is -0.148. The lowest BCUT2D eigenvalue weighted by Gasteiger charge is -2.28. The van der Waals surface area contributed by atoms with Gasteiger partial charge in [-0.25, -0.2) is 8.42 Å². The zero-order valence-corrected chi connectivity index (χ0v) is 19.2. The lowest BCUT2D eigenvalue weighted by atomic mass is 10.1. The number of rotatable bonds is 9. The van der Waals surface area contributed by atoms with Crippen molar-refractivity contribution in [3.8, 4) is 5.75 Å². The number of para-hydroxylation sites is 1. The summed E-state index contributed by atoms with van der Waals surface area (Å²) in [5.41, 5.74) is 0.906. The molecule has 31 heavy (non-hydrogen) atoms. The Labute approximate surface area is 183 Å². The number of ether oxygens (including phenoxy) is 1. The van der Waals surface area contributed by atoms with Crippen molar-refractivity contribution in [2.24, 2.45) is 5.92 Å². The molecule has 0 unspecified atom stereocenters. The van der Waals surface area contributed by atoms with Crippen LogP contribution in [0.25, 0.3) is 0 Å². The Bertz CT molecular complexity index is 1040. The molecule has 8 nitrogen and oxygen atoms in total. The number of nitrogens with one attached hydrogen (secondary N) is 2. The van der Waals surface area contributed by atoms with Gasteiger partial charge in [0.1, 0.15) is 11.8 Å². The van der Waals surface area contributed by atoms with Crippen LogP contribution < -0.4 is 19.7 Å². The molecule has 2 amide bonds. The van der Waals surface area contributed by atoms with Crippen LogP contribution in [0.3, 0.4) is 0 Å². The molecule has 0 aliphatic heterocycles. The number of anilines is 2. The molecule has 2 rings (SSSR count). The van der Waals surface area contributed by atoms with E-state index in [0.717, 1.165) is 10.6 Å². The van der Waals surface area contributed by atoms with Crippen LogP contribution in [0.15, 0.2) is 48.5 Å².